The molecular weight excluding hydrogens is 490 g/mol. The lowest BCUT2D eigenvalue weighted by Crippen LogP contribution is -2.43. The number of carboxylic acid groups (broad SMARTS) is 1. The fraction of sp³-hybridized carbons (Fsp3) is 0.207. The number of halogens is 1. The van der Waals surface area contributed by atoms with Crippen LogP contribution in [0, 0.1) is 6.92 Å². The first kappa shape index (κ1) is 24.6. The third-order valence-electron chi connectivity index (χ3n) is 6.95. The Bertz CT molecular complexity index is 1450. The lowest BCUT2D eigenvalue weighted by molar-refractivity contribution is -0.139. The summed E-state index contributed by atoms with van der Waals surface area (Å²) < 4.78 is 7.31. The van der Waals surface area contributed by atoms with Gasteiger partial charge in [-0.1, -0.05) is 66.2 Å². The minimum Gasteiger partial charge on any atom is -0.480 e. The Hall–Kier alpha value is -4.10. The second kappa shape index (κ2) is 10.1. The summed E-state index contributed by atoms with van der Waals surface area (Å²) in [7, 11) is 1.84. The average molecular weight is 516 g/mol. The number of hydrogen-bond donors (Lipinski definition) is 2. The fourth-order valence-corrected chi connectivity index (χ4v) is 5.15. The van der Waals surface area contributed by atoms with E-state index in [1.165, 1.54) is 0 Å². The van der Waals surface area contributed by atoms with Gasteiger partial charge in [-0.05, 0) is 52.4 Å². The van der Waals surface area contributed by atoms with Gasteiger partial charge in [0.15, 0.2) is 0 Å². The van der Waals surface area contributed by atoms with Gasteiger partial charge in [0.1, 0.15) is 12.6 Å². The molecule has 8 heteroatoms. The van der Waals surface area contributed by atoms with E-state index in [0.29, 0.717) is 10.6 Å². The number of carbonyl (C=O) groups is 2. The van der Waals surface area contributed by atoms with Crippen molar-refractivity contribution >= 4 is 23.7 Å². The number of nitrogens with zero attached hydrogens (tertiary/aromatic N) is 2. The Labute approximate surface area is 219 Å². The first-order valence-corrected chi connectivity index (χ1v) is 12.3. The van der Waals surface area contributed by atoms with E-state index >= 15 is 0 Å². The van der Waals surface area contributed by atoms with E-state index < -0.39 is 18.1 Å². The molecule has 188 valence electrons. The van der Waals surface area contributed by atoms with E-state index in [2.05, 4.69) is 22.5 Å². The van der Waals surface area contributed by atoms with E-state index in [1.54, 1.807) is 23.0 Å². The van der Waals surface area contributed by atoms with E-state index in [9.17, 15) is 14.7 Å². The molecule has 0 unspecified atom stereocenters. The average Bonchev–Trinajstić information content (AvgIpc) is 3.39. The summed E-state index contributed by atoms with van der Waals surface area (Å²) in [6, 6.07) is 20.2. The smallest absolute Gasteiger partial charge is 0.407 e. The Balaban J connectivity index is 1.32. The van der Waals surface area contributed by atoms with Gasteiger partial charge in [0, 0.05) is 35.7 Å². The van der Waals surface area contributed by atoms with Crippen molar-refractivity contribution < 1.29 is 19.4 Å². The molecule has 7 nitrogen and oxygen atoms in total. The summed E-state index contributed by atoms with van der Waals surface area (Å²) in [4.78, 5) is 24.9. The molecule has 0 spiro atoms. The number of aromatic nitrogens is 2. The van der Waals surface area contributed by atoms with Gasteiger partial charge < -0.3 is 15.2 Å². The molecule has 2 N–H and O–H groups in total. The quantitative estimate of drug-likeness (QED) is 0.335. The van der Waals surface area contributed by atoms with E-state index in [-0.39, 0.29) is 18.9 Å². The van der Waals surface area contributed by atoms with Gasteiger partial charge in [-0.15, -0.1) is 0 Å². The number of benzene rings is 3. The predicted molar refractivity (Wildman–Crippen MR) is 142 cm³/mol. The highest BCUT2D eigenvalue weighted by molar-refractivity contribution is 6.30. The summed E-state index contributed by atoms with van der Waals surface area (Å²) in [6.45, 7) is 2.04. The van der Waals surface area contributed by atoms with Gasteiger partial charge >= 0.3 is 12.1 Å². The molecular formula is C29H26ClN3O4. The molecule has 0 saturated heterocycles. The predicted octanol–water partition coefficient (Wildman–Crippen LogP) is 5.58. The van der Waals surface area contributed by atoms with Crippen LogP contribution in [0.4, 0.5) is 4.79 Å². The minimum absolute atomic E-state index is 0.0315. The maximum Gasteiger partial charge on any atom is 0.407 e. The van der Waals surface area contributed by atoms with Crippen molar-refractivity contribution in [2.45, 2.75) is 25.3 Å². The fourth-order valence-electron chi connectivity index (χ4n) is 4.96. The molecule has 4 aromatic rings. The van der Waals surface area contributed by atoms with Crippen LogP contribution in [0.25, 0.3) is 22.3 Å². The summed E-state index contributed by atoms with van der Waals surface area (Å²) in [5.41, 5.74) is 7.72. The van der Waals surface area contributed by atoms with Crippen LogP contribution in [0.5, 0.6) is 0 Å². The van der Waals surface area contributed by atoms with Crippen molar-refractivity contribution in [3.05, 3.63) is 100 Å². The van der Waals surface area contributed by atoms with Crippen molar-refractivity contribution in [1.82, 2.24) is 15.1 Å². The lowest BCUT2D eigenvalue weighted by Gasteiger charge is -2.19. The SMILES string of the molecule is Cc1c(-c2ccc(Cl)cc2C[C@H](NC(=O)OCC2c3ccccc3-c3ccccc32)C(=O)O)cnn1C. The normalized spacial score (nSPS) is 13.1. The highest BCUT2D eigenvalue weighted by atomic mass is 35.5. The van der Waals surface area contributed by atoms with Crippen LogP contribution in [-0.2, 0) is 23.0 Å². The molecule has 37 heavy (non-hydrogen) atoms. The molecule has 1 aliphatic rings. The number of aryl methyl sites for hydroxylation is 1. The first-order chi connectivity index (χ1) is 17.8. The topological polar surface area (TPSA) is 93.4 Å². The highest BCUT2D eigenvalue weighted by Crippen LogP contribution is 2.44. The number of nitrogens with one attached hydrogen (secondary N) is 1. The molecule has 5 rings (SSSR count). The van der Waals surface area contributed by atoms with Crippen molar-refractivity contribution in [2.24, 2.45) is 7.05 Å². The molecule has 0 radical (unpaired) electrons. The van der Waals surface area contributed by atoms with Crippen molar-refractivity contribution in [2.75, 3.05) is 6.61 Å². The largest absolute Gasteiger partial charge is 0.480 e. The third-order valence-corrected chi connectivity index (χ3v) is 7.19. The molecule has 1 amide bonds. The first-order valence-electron chi connectivity index (χ1n) is 11.9. The number of amides is 1. The Morgan fingerprint density at radius 3 is 2.27 bits per heavy atom. The van der Waals surface area contributed by atoms with Crippen LogP contribution >= 0.6 is 11.6 Å². The maximum atomic E-state index is 12.8. The molecule has 3 aromatic carbocycles. The standard InChI is InChI=1S/C29H26ClN3O4/c1-17-25(15-31-33(17)2)20-12-11-19(30)13-18(20)14-27(28(34)35)32-29(36)37-16-26-23-9-5-3-7-21(23)22-8-4-6-10-24(22)26/h3-13,15,26-27H,14,16H2,1-2H3,(H,32,36)(H,34,35)/t27-/m0/s1. The lowest BCUT2D eigenvalue weighted by atomic mass is 9.95. The molecule has 1 heterocycles. The van der Waals surface area contributed by atoms with Gasteiger partial charge in [0.2, 0.25) is 0 Å². The van der Waals surface area contributed by atoms with Crippen LogP contribution in [0.1, 0.15) is 28.3 Å². The zero-order valence-electron chi connectivity index (χ0n) is 20.4. The Morgan fingerprint density at radius 1 is 1.03 bits per heavy atom. The van der Waals surface area contributed by atoms with Crippen molar-refractivity contribution in [3.63, 3.8) is 0 Å². The number of aliphatic carboxylic acids is 1. The van der Waals surface area contributed by atoms with E-state index in [1.807, 2.05) is 56.4 Å². The molecule has 0 saturated carbocycles. The second-order valence-corrected chi connectivity index (χ2v) is 9.57. The molecule has 0 fully saturated rings. The number of ether oxygens (including phenoxy) is 1. The van der Waals surface area contributed by atoms with E-state index in [4.69, 9.17) is 16.3 Å². The Morgan fingerprint density at radius 2 is 1.68 bits per heavy atom. The number of carboxylic acids is 1. The number of fused-ring (bicyclic) bond motifs is 3. The molecule has 0 bridgehead atoms. The van der Waals surface area contributed by atoms with Gasteiger partial charge in [0.25, 0.3) is 0 Å². The third kappa shape index (κ3) is 4.82. The van der Waals surface area contributed by atoms with Gasteiger partial charge in [-0.2, -0.15) is 5.10 Å². The second-order valence-electron chi connectivity index (χ2n) is 9.13. The van der Waals surface area contributed by atoms with Crippen molar-refractivity contribution in [3.8, 4) is 22.3 Å². The Kier molecular flexibility index (Phi) is 6.72. The van der Waals surface area contributed by atoms with Crippen LogP contribution in [0.3, 0.4) is 0 Å². The van der Waals surface area contributed by atoms with Crippen LogP contribution in [0.15, 0.2) is 72.9 Å². The molecule has 1 aliphatic carbocycles. The summed E-state index contributed by atoms with van der Waals surface area (Å²) in [5, 5.41) is 17.2. The van der Waals surface area contributed by atoms with Crippen LogP contribution in [0.2, 0.25) is 5.02 Å². The number of alkyl carbamates (subject to hydrolysis) is 1. The summed E-state index contributed by atoms with van der Waals surface area (Å²) in [5.74, 6) is -1.28. The van der Waals surface area contributed by atoms with Gasteiger partial charge in [-0.25, -0.2) is 9.59 Å². The molecule has 1 aromatic heterocycles. The number of hydrogen-bond acceptors (Lipinski definition) is 4. The van der Waals surface area contributed by atoms with Gasteiger partial charge in [0.05, 0.1) is 6.20 Å². The van der Waals surface area contributed by atoms with E-state index in [0.717, 1.165) is 39.1 Å². The van der Waals surface area contributed by atoms with Gasteiger partial charge in [-0.3, -0.25) is 4.68 Å². The van der Waals surface area contributed by atoms with Crippen molar-refractivity contribution in [1.29, 1.82) is 0 Å². The number of rotatable bonds is 7. The number of carbonyl (C=O) groups excluding carboxylic acids is 1. The maximum absolute atomic E-state index is 12.8. The monoisotopic (exact) mass is 515 g/mol. The zero-order chi connectivity index (χ0) is 26.1. The minimum atomic E-state index is -1.20. The molecule has 0 aliphatic heterocycles. The zero-order valence-corrected chi connectivity index (χ0v) is 21.2. The van der Waals surface area contributed by atoms with Crippen LogP contribution < -0.4 is 5.32 Å². The van der Waals surface area contributed by atoms with Crippen LogP contribution in [-0.4, -0.2) is 39.6 Å². The molecule has 1 atom stereocenters. The summed E-state index contributed by atoms with van der Waals surface area (Å²) in [6.07, 6.45) is 0.982. The summed E-state index contributed by atoms with van der Waals surface area (Å²) >= 11 is 6.24. The highest BCUT2D eigenvalue weighted by Gasteiger charge is 2.30.